The molecular weight excluding hydrogens is 376 g/mol. The Morgan fingerprint density at radius 3 is 2.47 bits per heavy atom. The van der Waals surface area contributed by atoms with Crippen molar-refractivity contribution in [1.82, 2.24) is 14.5 Å². The molecule has 1 heterocycles. The zero-order chi connectivity index (χ0) is 21.5. The summed E-state index contributed by atoms with van der Waals surface area (Å²) in [7, 11) is 0. The number of nitrogens with one attached hydrogen (secondary N) is 1. The van der Waals surface area contributed by atoms with Crippen LogP contribution in [0.2, 0.25) is 0 Å². The molecule has 30 heavy (non-hydrogen) atoms. The Bertz CT molecular complexity index is 975. The zero-order valence-electron chi connectivity index (χ0n) is 18.4. The lowest BCUT2D eigenvalue weighted by molar-refractivity contribution is -0.114. The molecule has 6 nitrogen and oxygen atoms in total. The van der Waals surface area contributed by atoms with E-state index in [0.29, 0.717) is 6.61 Å². The van der Waals surface area contributed by atoms with E-state index < -0.39 is 0 Å². The third-order valence-corrected chi connectivity index (χ3v) is 5.28. The minimum absolute atomic E-state index is 0.0788. The van der Waals surface area contributed by atoms with E-state index >= 15 is 0 Å². The number of benzene rings is 2. The zero-order valence-corrected chi connectivity index (χ0v) is 18.4. The number of amides is 1. The van der Waals surface area contributed by atoms with Crippen LogP contribution in [0.4, 0.5) is 5.69 Å². The Morgan fingerprint density at radius 2 is 1.83 bits per heavy atom. The number of hydrogen-bond donors (Lipinski definition) is 1. The van der Waals surface area contributed by atoms with Gasteiger partial charge in [0.1, 0.15) is 11.6 Å². The van der Waals surface area contributed by atoms with Gasteiger partial charge in [-0.15, -0.1) is 0 Å². The van der Waals surface area contributed by atoms with Crippen LogP contribution in [-0.4, -0.2) is 46.6 Å². The van der Waals surface area contributed by atoms with Gasteiger partial charge < -0.3 is 19.5 Å². The summed E-state index contributed by atoms with van der Waals surface area (Å²) in [4.78, 5) is 18.8. The van der Waals surface area contributed by atoms with Crippen LogP contribution in [0.3, 0.4) is 0 Å². The third kappa shape index (κ3) is 5.39. The standard InChI is InChI=1S/C24H32N4O2/c1-5-27(6-2)14-15-28-23-13-10-20(25-18(4)29)17-22(23)26-24(28)16-19-8-11-21(12-9-19)30-7-3/h8-13,17H,5-7,14-16H2,1-4H3,(H,25,29). The summed E-state index contributed by atoms with van der Waals surface area (Å²) in [6.45, 7) is 12.5. The molecule has 0 radical (unpaired) electrons. The molecule has 160 valence electrons. The van der Waals surface area contributed by atoms with Crippen molar-refractivity contribution in [1.29, 1.82) is 0 Å². The molecule has 1 amide bonds. The normalized spacial score (nSPS) is 11.2. The van der Waals surface area contributed by atoms with Crippen molar-refractivity contribution in [3.63, 3.8) is 0 Å². The van der Waals surface area contributed by atoms with Gasteiger partial charge in [-0.2, -0.15) is 0 Å². The number of carbonyl (C=O) groups is 1. The molecular formula is C24H32N4O2. The number of anilines is 1. The van der Waals surface area contributed by atoms with E-state index in [9.17, 15) is 4.79 Å². The summed E-state index contributed by atoms with van der Waals surface area (Å²) >= 11 is 0. The van der Waals surface area contributed by atoms with Crippen LogP contribution in [0.25, 0.3) is 11.0 Å². The van der Waals surface area contributed by atoms with E-state index in [4.69, 9.17) is 9.72 Å². The van der Waals surface area contributed by atoms with Gasteiger partial charge >= 0.3 is 0 Å². The number of fused-ring (bicyclic) bond motifs is 1. The van der Waals surface area contributed by atoms with Crippen LogP contribution in [0, 0.1) is 0 Å². The second kappa shape index (κ2) is 10.3. The number of ether oxygens (including phenoxy) is 1. The van der Waals surface area contributed by atoms with Crippen molar-refractivity contribution in [3.8, 4) is 5.75 Å². The second-order valence-electron chi connectivity index (χ2n) is 7.34. The van der Waals surface area contributed by atoms with Crippen LogP contribution in [0.15, 0.2) is 42.5 Å². The van der Waals surface area contributed by atoms with Gasteiger partial charge in [0.2, 0.25) is 5.91 Å². The van der Waals surface area contributed by atoms with Crippen LogP contribution >= 0.6 is 0 Å². The minimum atomic E-state index is -0.0788. The molecule has 3 rings (SSSR count). The largest absolute Gasteiger partial charge is 0.494 e. The second-order valence-corrected chi connectivity index (χ2v) is 7.34. The maximum atomic E-state index is 11.4. The molecule has 0 spiro atoms. The summed E-state index contributed by atoms with van der Waals surface area (Å²) in [5.74, 6) is 1.84. The van der Waals surface area contributed by atoms with E-state index in [1.165, 1.54) is 12.5 Å². The Hall–Kier alpha value is -2.86. The third-order valence-electron chi connectivity index (χ3n) is 5.28. The average Bonchev–Trinajstić information content (AvgIpc) is 3.06. The summed E-state index contributed by atoms with van der Waals surface area (Å²) in [5, 5.41) is 2.85. The van der Waals surface area contributed by atoms with Gasteiger partial charge in [0.05, 0.1) is 17.6 Å². The van der Waals surface area contributed by atoms with Gasteiger partial charge in [-0.25, -0.2) is 4.98 Å². The van der Waals surface area contributed by atoms with E-state index in [0.717, 1.165) is 60.9 Å². The van der Waals surface area contributed by atoms with Crippen molar-refractivity contribution in [2.75, 3.05) is 31.6 Å². The molecule has 0 saturated heterocycles. The number of nitrogens with zero attached hydrogens (tertiary/aromatic N) is 3. The number of rotatable bonds is 10. The van der Waals surface area contributed by atoms with E-state index in [-0.39, 0.29) is 5.91 Å². The molecule has 1 aromatic heterocycles. The van der Waals surface area contributed by atoms with Crippen molar-refractivity contribution >= 4 is 22.6 Å². The van der Waals surface area contributed by atoms with Gasteiger partial charge in [0.15, 0.2) is 0 Å². The fourth-order valence-electron chi connectivity index (χ4n) is 3.68. The van der Waals surface area contributed by atoms with Gasteiger partial charge in [-0.05, 0) is 55.9 Å². The summed E-state index contributed by atoms with van der Waals surface area (Å²) in [5.41, 5.74) is 3.97. The average molecular weight is 409 g/mol. The van der Waals surface area contributed by atoms with Crippen molar-refractivity contribution in [3.05, 3.63) is 53.9 Å². The molecule has 0 aliphatic rings. The highest BCUT2D eigenvalue weighted by atomic mass is 16.5. The molecule has 0 atom stereocenters. The molecule has 0 aliphatic carbocycles. The summed E-state index contributed by atoms with van der Waals surface area (Å²) in [6.07, 6.45) is 0.745. The Labute approximate surface area is 178 Å². The Balaban J connectivity index is 1.92. The monoisotopic (exact) mass is 408 g/mol. The Kier molecular flexibility index (Phi) is 7.46. The molecule has 0 bridgehead atoms. The Morgan fingerprint density at radius 1 is 1.10 bits per heavy atom. The summed E-state index contributed by atoms with van der Waals surface area (Å²) in [6, 6.07) is 14.2. The summed E-state index contributed by atoms with van der Waals surface area (Å²) < 4.78 is 7.86. The van der Waals surface area contributed by atoms with E-state index in [1.54, 1.807) is 0 Å². The number of carbonyl (C=O) groups excluding carboxylic acids is 1. The first-order valence-corrected chi connectivity index (χ1v) is 10.7. The number of imidazole rings is 1. The minimum Gasteiger partial charge on any atom is -0.494 e. The van der Waals surface area contributed by atoms with Gasteiger partial charge in [0.25, 0.3) is 0 Å². The SMILES string of the molecule is CCOc1ccc(Cc2nc3cc(NC(C)=O)ccc3n2CCN(CC)CC)cc1. The molecule has 0 saturated carbocycles. The number of likely N-dealkylation sites (N-methyl/N-ethyl adjacent to an activating group) is 1. The van der Waals surface area contributed by atoms with Crippen LogP contribution < -0.4 is 10.1 Å². The molecule has 6 heteroatoms. The highest BCUT2D eigenvalue weighted by Gasteiger charge is 2.13. The lowest BCUT2D eigenvalue weighted by atomic mass is 10.1. The fraction of sp³-hybridized carbons (Fsp3) is 0.417. The maximum Gasteiger partial charge on any atom is 0.221 e. The number of hydrogen-bond acceptors (Lipinski definition) is 4. The predicted molar refractivity (Wildman–Crippen MR) is 122 cm³/mol. The van der Waals surface area contributed by atoms with Crippen LogP contribution in [0.1, 0.15) is 39.1 Å². The first-order valence-electron chi connectivity index (χ1n) is 10.7. The van der Waals surface area contributed by atoms with Crippen LogP contribution in [-0.2, 0) is 17.8 Å². The molecule has 0 aliphatic heterocycles. The maximum absolute atomic E-state index is 11.4. The quantitative estimate of drug-likeness (QED) is 0.543. The van der Waals surface area contributed by atoms with Crippen molar-refractivity contribution < 1.29 is 9.53 Å². The number of aromatic nitrogens is 2. The van der Waals surface area contributed by atoms with Crippen molar-refractivity contribution in [2.45, 2.75) is 40.7 Å². The highest BCUT2D eigenvalue weighted by Crippen LogP contribution is 2.23. The molecule has 0 unspecified atom stereocenters. The van der Waals surface area contributed by atoms with Gasteiger partial charge in [-0.3, -0.25) is 4.79 Å². The first kappa shape index (κ1) is 21.8. The molecule has 3 aromatic rings. The smallest absolute Gasteiger partial charge is 0.221 e. The van der Waals surface area contributed by atoms with Crippen LogP contribution in [0.5, 0.6) is 5.75 Å². The van der Waals surface area contributed by atoms with Gasteiger partial charge in [0, 0.05) is 32.1 Å². The molecule has 1 N–H and O–H groups in total. The van der Waals surface area contributed by atoms with Gasteiger partial charge in [-0.1, -0.05) is 26.0 Å². The fourth-order valence-corrected chi connectivity index (χ4v) is 3.68. The lowest BCUT2D eigenvalue weighted by Gasteiger charge is -2.19. The highest BCUT2D eigenvalue weighted by molar-refractivity contribution is 5.91. The topological polar surface area (TPSA) is 59.4 Å². The van der Waals surface area contributed by atoms with Crippen molar-refractivity contribution in [2.24, 2.45) is 0 Å². The first-order chi connectivity index (χ1) is 14.5. The van der Waals surface area contributed by atoms with E-state index in [1.807, 2.05) is 31.2 Å². The predicted octanol–water partition coefficient (Wildman–Crippen LogP) is 4.33. The lowest BCUT2D eigenvalue weighted by Crippen LogP contribution is -2.27. The van der Waals surface area contributed by atoms with E-state index in [2.05, 4.69) is 46.8 Å². The molecule has 0 fully saturated rings. The molecule has 2 aromatic carbocycles.